The standard InChI is InChI=1S/C20H18FN5O/c1-12-22-20-23-16-10-11-25(15-4-2-3-5-15)19(27)17(16)18(26(20)24-12)13-6-8-14(21)9-7-13/h6-11,15H,2-5H2,1H3. The second kappa shape index (κ2) is 5.97. The van der Waals surface area contributed by atoms with E-state index in [1.54, 1.807) is 23.6 Å². The van der Waals surface area contributed by atoms with Crippen LogP contribution in [0.3, 0.4) is 0 Å². The van der Waals surface area contributed by atoms with Gasteiger partial charge in [0.05, 0.1) is 16.6 Å². The zero-order valence-corrected chi connectivity index (χ0v) is 14.9. The molecule has 0 bridgehead atoms. The van der Waals surface area contributed by atoms with Gasteiger partial charge in [0, 0.05) is 17.8 Å². The molecule has 3 heterocycles. The Morgan fingerprint density at radius 2 is 1.81 bits per heavy atom. The zero-order chi connectivity index (χ0) is 18.5. The predicted molar refractivity (Wildman–Crippen MR) is 100 cm³/mol. The highest BCUT2D eigenvalue weighted by atomic mass is 19.1. The van der Waals surface area contributed by atoms with Gasteiger partial charge in [-0.3, -0.25) is 4.79 Å². The summed E-state index contributed by atoms with van der Waals surface area (Å²) in [6.45, 7) is 1.78. The quantitative estimate of drug-likeness (QED) is 0.545. The van der Waals surface area contributed by atoms with Crippen molar-refractivity contribution >= 4 is 16.7 Å². The van der Waals surface area contributed by atoms with Gasteiger partial charge in [0.15, 0.2) is 0 Å². The maximum Gasteiger partial charge on any atom is 0.262 e. The molecule has 1 saturated carbocycles. The van der Waals surface area contributed by atoms with Gasteiger partial charge in [0.1, 0.15) is 11.6 Å². The average molecular weight is 363 g/mol. The van der Waals surface area contributed by atoms with E-state index >= 15 is 0 Å². The molecule has 3 aromatic heterocycles. The zero-order valence-electron chi connectivity index (χ0n) is 14.9. The highest BCUT2D eigenvalue weighted by Crippen LogP contribution is 2.30. The van der Waals surface area contributed by atoms with Crippen molar-refractivity contribution in [3.05, 3.63) is 58.5 Å². The highest BCUT2D eigenvalue weighted by molar-refractivity contribution is 5.93. The van der Waals surface area contributed by atoms with Crippen molar-refractivity contribution in [2.45, 2.75) is 38.6 Å². The molecule has 0 spiro atoms. The molecule has 6 nitrogen and oxygen atoms in total. The first-order valence-electron chi connectivity index (χ1n) is 9.16. The minimum atomic E-state index is -0.327. The SMILES string of the molecule is Cc1nc2nc3ccn(C4CCCC4)c(=O)c3c(-c3ccc(F)cc3)n2n1. The van der Waals surface area contributed by atoms with E-state index in [2.05, 4.69) is 15.1 Å². The lowest BCUT2D eigenvalue weighted by molar-refractivity contribution is 0.505. The molecular formula is C20H18FN5O. The number of benzene rings is 1. The molecule has 0 saturated heterocycles. The Morgan fingerprint density at radius 1 is 1.07 bits per heavy atom. The summed E-state index contributed by atoms with van der Waals surface area (Å²) in [5.74, 6) is 0.668. The Hall–Kier alpha value is -3.09. The molecule has 7 heteroatoms. The van der Waals surface area contributed by atoms with Crippen molar-refractivity contribution in [2.24, 2.45) is 0 Å². The Kier molecular flexibility index (Phi) is 3.56. The number of hydrogen-bond acceptors (Lipinski definition) is 4. The third-order valence-electron chi connectivity index (χ3n) is 5.30. The van der Waals surface area contributed by atoms with Crippen molar-refractivity contribution in [2.75, 3.05) is 0 Å². The van der Waals surface area contributed by atoms with Crippen LogP contribution in [-0.2, 0) is 0 Å². The maximum absolute atomic E-state index is 13.5. The van der Waals surface area contributed by atoms with E-state index in [0.717, 1.165) is 25.7 Å². The first-order valence-corrected chi connectivity index (χ1v) is 9.16. The van der Waals surface area contributed by atoms with Gasteiger partial charge in [-0.15, -0.1) is 5.10 Å². The minimum Gasteiger partial charge on any atom is -0.312 e. The van der Waals surface area contributed by atoms with E-state index in [9.17, 15) is 9.18 Å². The van der Waals surface area contributed by atoms with Crippen LogP contribution in [0, 0.1) is 12.7 Å². The van der Waals surface area contributed by atoms with Gasteiger partial charge < -0.3 is 4.57 Å². The van der Waals surface area contributed by atoms with E-state index in [1.807, 2.05) is 16.8 Å². The monoisotopic (exact) mass is 363 g/mol. The van der Waals surface area contributed by atoms with Crippen LogP contribution in [0.2, 0.25) is 0 Å². The van der Waals surface area contributed by atoms with Crippen molar-refractivity contribution < 1.29 is 4.39 Å². The maximum atomic E-state index is 13.5. The van der Waals surface area contributed by atoms with E-state index in [1.165, 1.54) is 12.1 Å². The highest BCUT2D eigenvalue weighted by Gasteiger charge is 2.22. The number of nitrogens with zero attached hydrogens (tertiary/aromatic N) is 5. The molecule has 136 valence electrons. The molecule has 0 radical (unpaired) electrons. The van der Waals surface area contributed by atoms with E-state index in [0.29, 0.717) is 33.8 Å². The van der Waals surface area contributed by atoms with Crippen molar-refractivity contribution in [1.82, 2.24) is 24.1 Å². The molecule has 5 rings (SSSR count). The number of pyridine rings is 1. The van der Waals surface area contributed by atoms with Crippen LogP contribution in [0.25, 0.3) is 27.9 Å². The normalized spacial score (nSPS) is 15.2. The van der Waals surface area contributed by atoms with Gasteiger partial charge in [-0.25, -0.2) is 9.37 Å². The lowest BCUT2D eigenvalue weighted by atomic mass is 10.1. The summed E-state index contributed by atoms with van der Waals surface area (Å²) in [6.07, 6.45) is 6.13. The summed E-state index contributed by atoms with van der Waals surface area (Å²) in [5, 5.41) is 4.93. The molecule has 0 atom stereocenters. The van der Waals surface area contributed by atoms with Gasteiger partial charge >= 0.3 is 0 Å². The Morgan fingerprint density at radius 3 is 2.56 bits per heavy atom. The first-order chi connectivity index (χ1) is 13.1. The lowest BCUT2D eigenvalue weighted by Gasteiger charge is -2.15. The van der Waals surface area contributed by atoms with Gasteiger partial charge in [-0.05, 0) is 50.1 Å². The summed E-state index contributed by atoms with van der Waals surface area (Å²) in [7, 11) is 0. The topological polar surface area (TPSA) is 65.1 Å². The molecular weight excluding hydrogens is 345 g/mol. The lowest BCUT2D eigenvalue weighted by Crippen LogP contribution is -2.24. The fourth-order valence-corrected chi connectivity index (χ4v) is 4.04. The minimum absolute atomic E-state index is 0.0821. The molecule has 0 unspecified atom stereocenters. The van der Waals surface area contributed by atoms with E-state index in [4.69, 9.17) is 0 Å². The second-order valence-electron chi connectivity index (χ2n) is 7.06. The van der Waals surface area contributed by atoms with Crippen LogP contribution in [0.15, 0.2) is 41.3 Å². The number of rotatable bonds is 2. The number of fused-ring (bicyclic) bond motifs is 2. The molecule has 1 aromatic carbocycles. The van der Waals surface area contributed by atoms with E-state index < -0.39 is 0 Å². The van der Waals surface area contributed by atoms with Gasteiger partial charge in [-0.1, -0.05) is 12.8 Å². The molecule has 1 aliphatic rings. The van der Waals surface area contributed by atoms with Crippen LogP contribution in [-0.4, -0.2) is 24.1 Å². The Labute approximate surface area is 154 Å². The second-order valence-corrected chi connectivity index (χ2v) is 7.06. The van der Waals surface area contributed by atoms with Crippen molar-refractivity contribution in [3.63, 3.8) is 0 Å². The van der Waals surface area contributed by atoms with Crippen LogP contribution >= 0.6 is 0 Å². The van der Waals surface area contributed by atoms with Crippen molar-refractivity contribution in [3.8, 4) is 11.3 Å². The number of aryl methyl sites for hydroxylation is 1. The summed E-state index contributed by atoms with van der Waals surface area (Å²) < 4.78 is 16.9. The molecule has 0 N–H and O–H groups in total. The van der Waals surface area contributed by atoms with Crippen LogP contribution in [0.4, 0.5) is 4.39 Å². The molecule has 4 aromatic rings. The van der Waals surface area contributed by atoms with Crippen molar-refractivity contribution in [1.29, 1.82) is 0 Å². The summed E-state index contributed by atoms with van der Waals surface area (Å²) in [4.78, 5) is 22.3. The van der Waals surface area contributed by atoms with Crippen LogP contribution in [0.5, 0.6) is 0 Å². The summed E-state index contributed by atoms with van der Waals surface area (Å²) >= 11 is 0. The number of hydrogen-bond donors (Lipinski definition) is 0. The molecule has 1 aliphatic carbocycles. The van der Waals surface area contributed by atoms with Gasteiger partial charge in [0.2, 0.25) is 0 Å². The number of aromatic nitrogens is 5. The third-order valence-corrected chi connectivity index (χ3v) is 5.30. The van der Waals surface area contributed by atoms with Crippen LogP contribution in [0.1, 0.15) is 37.5 Å². The molecule has 1 fully saturated rings. The first kappa shape index (κ1) is 16.1. The molecule has 0 amide bonds. The summed E-state index contributed by atoms with van der Waals surface area (Å²) in [5.41, 5.74) is 1.81. The molecule has 27 heavy (non-hydrogen) atoms. The largest absolute Gasteiger partial charge is 0.312 e. The summed E-state index contributed by atoms with van der Waals surface area (Å²) in [6, 6.07) is 8.17. The molecule has 0 aliphatic heterocycles. The Balaban J connectivity index is 1.90. The fraction of sp³-hybridized carbons (Fsp3) is 0.300. The predicted octanol–water partition coefficient (Wildman–Crippen LogP) is 3.67. The Bertz CT molecular complexity index is 1220. The van der Waals surface area contributed by atoms with E-state index in [-0.39, 0.29) is 17.4 Å². The van der Waals surface area contributed by atoms with Gasteiger partial charge in [-0.2, -0.15) is 9.50 Å². The van der Waals surface area contributed by atoms with Gasteiger partial charge in [0.25, 0.3) is 11.3 Å². The van der Waals surface area contributed by atoms with Crippen LogP contribution < -0.4 is 5.56 Å². The smallest absolute Gasteiger partial charge is 0.262 e. The number of halogens is 1. The third kappa shape index (κ3) is 2.53. The average Bonchev–Trinajstić information content (AvgIpc) is 3.30. The fourth-order valence-electron chi connectivity index (χ4n) is 4.04.